The average Bonchev–Trinajstić information content (AvgIpc) is 2.59. The summed E-state index contributed by atoms with van der Waals surface area (Å²) < 4.78 is 16.1. The van der Waals surface area contributed by atoms with E-state index in [0.29, 0.717) is 61.5 Å². The molecule has 128 valence electrons. The second-order valence-corrected chi connectivity index (χ2v) is 5.41. The lowest BCUT2D eigenvalue weighted by molar-refractivity contribution is -0.117. The first kappa shape index (κ1) is 18.1. The number of benzene rings is 1. The molecule has 2 rings (SSSR count). The van der Waals surface area contributed by atoms with Crippen molar-refractivity contribution < 1.29 is 19.0 Å². The molecule has 0 radical (unpaired) electrons. The molecule has 1 aliphatic rings. The molecule has 1 amide bonds. The van der Waals surface area contributed by atoms with Crippen LogP contribution in [-0.2, 0) is 9.53 Å². The van der Waals surface area contributed by atoms with Gasteiger partial charge in [0, 0.05) is 19.8 Å². The van der Waals surface area contributed by atoms with Gasteiger partial charge in [-0.15, -0.1) is 0 Å². The van der Waals surface area contributed by atoms with Crippen LogP contribution in [0, 0.1) is 11.3 Å². The third-order valence-corrected chi connectivity index (χ3v) is 3.53. The van der Waals surface area contributed by atoms with E-state index in [2.05, 4.69) is 5.32 Å². The molecule has 0 unspecified atom stereocenters. The Morgan fingerprint density at radius 1 is 1.46 bits per heavy atom. The number of nitriles is 1. The molecule has 1 aromatic carbocycles. The maximum Gasteiger partial charge on any atom is 0.261 e. The number of hydrogen-bond donors (Lipinski definition) is 1. The van der Waals surface area contributed by atoms with Gasteiger partial charge in [0.15, 0.2) is 11.5 Å². The maximum atomic E-state index is 12.1. The fourth-order valence-corrected chi connectivity index (χ4v) is 2.42. The predicted octanol–water partition coefficient (Wildman–Crippen LogP) is 2.56. The first-order valence-corrected chi connectivity index (χ1v) is 8.10. The monoisotopic (exact) mass is 350 g/mol. The molecule has 1 aliphatic heterocycles. The molecule has 0 saturated carbocycles. The second kappa shape index (κ2) is 9.16. The lowest BCUT2D eigenvalue weighted by Gasteiger charge is -2.19. The Hall–Kier alpha value is -2.23. The van der Waals surface area contributed by atoms with Crippen LogP contribution in [0.5, 0.6) is 11.5 Å². The first-order chi connectivity index (χ1) is 11.7. The van der Waals surface area contributed by atoms with Crippen LogP contribution in [-0.4, -0.2) is 38.9 Å². The maximum absolute atomic E-state index is 12.1. The number of nitrogens with zero attached hydrogens (tertiary/aromatic N) is 1. The number of ether oxygens (including phenoxy) is 3. The Labute approximate surface area is 145 Å². The molecule has 0 bridgehead atoms. The highest BCUT2D eigenvalue weighted by atomic mass is 35.5. The zero-order valence-electron chi connectivity index (χ0n) is 13.4. The topological polar surface area (TPSA) is 80.6 Å². The van der Waals surface area contributed by atoms with Crippen LogP contribution in [0.2, 0.25) is 5.02 Å². The summed E-state index contributed by atoms with van der Waals surface area (Å²) in [6.07, 6.45) is 2.16. The van der Waals surface area contributed by atoms with Crippen molar-refractivity contribution in [1.29, 1.82) is 5.26 Å². The highest BCUT2D eigenvalue weighted by molar-refractivity contribution is 6.32. The Morgan fingerprint density at radius 2 is 2.25 bits per heavy atom. The molecule has 24 heavy (non-hydrogen) atoms. The molecule has 0 atom stereocenters. The van der Waals surface area contributed by atoms with Crippen molar-refractivity contribution in [3.05, 3.63) is 28.3 Å². The van der Waals surface area contributed by atoms with Crippen molar-refractivity contribution >= 4 is 23.6 Å². The molecule has 6 nitrogen and oxygen atoms in total. The number of amides is 1. The van der Waals surface area contributed by atoms with Gasteiger partial charge < -0.3 is 19.5 Å². The standard InChI is InChI=1S/C17H19ClN2O4/c1-2-22-5-3-4-20-17(21)13(11-19)8-12-9-14(18)16-15(10-12)23-6-7-24-16/h8-10H,2-7H2,1H3,(H,20,21)/b13-8-. The summed E-state index contributed by atoms with van der Waals surface area (Å²) in [7, 11) is 0. The molecule has 0 saturated heterocycles. The Kier molecular flexibility index (Phi) is 6.91. The normalized spacial score (nSPS) is 13.3. The second-order valence-electron chi connectivity index (χ2n) is 5.00. The number of nitrogens with one attached hydrogen (secondary N) is 1. The fourth-order valence-electron chi connectivity index (χ4n) is 2.15. The van der Waals surface area contributed by atoms with Gasteiger partial charge in [-0.3, -0.25) is 4.79 Å². The van der Waals surface area contributed by atoms with E-state index in [9.17, 15) is 10.1 Å². The minimum Gasteiger partial charge on any atom is -0.486 e. The van der Waals surface area contributed by atoms with Gasteiger partial charge in [0.25, 0.3) is 5.91 Å². The summed E-state index contributed by atoms with van der Waals surface area (Å²) in [6.45, 7) is 4.44. The van der Waals surface area contributed by atoms with Crippen LogP contribution in [0.1, 0.15) is 18.9 Å². The summed E-state index contributed by atoms with van der Waals surface area (Å²) >= 11 is 6.15. The molecule has 1 heterocycles. The Morgan fingerprint density at radius 3 is 3.00 bits per heavy atom. The molecule has 1 aromatic rings. The van der Waals surface area contributed by atoms with Crippen molar-refractivity contribution in [2.45, 2.75) is 13.3 Å². The largest absolute Gasteiger partial charge is 0.486 e. The van der Waals surface area contributed by atoms with Crippen molar-refractivity contribution in [3.63, 3.8) is 0 Å². The van der Waals surface area contributed by atoms with E-state index in [0.717, 1.165) is 0 Å². The van der Waals surface area contributed by atoms with Gasteiger partial charge in [-0.05, 0) is 37.1 Å². The van der Waals surface area contributed by atoms with Crippen LogP contribution >= 0.6 is 11.6 Å². The van der Waals surface area contributed by atoms with E-state index in [1.807, 2.05) is 13.0 Å². The van der Waals surface area contributed by atoms with E-state index in [1.165, 1.54) is 6.08 Å². The van der Waals surface area contributed by atoms with Gasteiger partial charge in [0.2, 0.25) is 0 Å². The summed E-state index contributed by atoms with van der Waals surface area (Å²) in [5, 5.41) is 12.3. The Bertz CT molecular complexity index is 667. The molecule has 0 spiro atoms. The summed E-state index contributed by atoms with van der Waals surface area (Å²) in [5.41, 5.74) is 0.601. The molecule has 0 aromatic heterocycles. The van der Waals surface area contributed by atoms with E-state index in [-0.39, 0.29) is 5.57 Å². The van der Waals surface area contributed by atoms with E-state index in [1.54, 1.807) is 12.1 Å². The van der Waals surface area contributed by atoms with Crippen molar-refractivity contribution in [3.8, 4) is 17.6 Å². The van der Waals surface area contributed by atoms with E-state index >= 15 is 0 Å². The van der Waals surface area contributed by atoms with Crippen LogP contribution in [0.3, 0.4) is 0 Å². The van der Waals surface area contributed by atoms with Crippen LogP contribution in [0.4, 0.5) is 0 Å². The molecular formula is C17H19ClN2O4. The van der Waals surface area contributed by atoms with Crippen LogP contribution in [0.15, 0.2) is 17.7 Å². The fraction of sp³-hybridized carbons (Fsp3) is 0.412. The molecule has 0 fully saturated rings. The van der Waals surface area contributed by atoms with E-state index < -0.39 is 5.91 Å². The molecule has 1 N–H and O–H groups in total. The number of halogens is 1. The number of carbonyl (C=O) groups is 1. The summed E-state index contributed by atoms with van der Waals surface area (Å²) in [6, 6.07) is 5.23. The summed E-state index contributed by atoms with van der Waals surface area (Å²) in [5.74, 6) is 0.563. The van der Waals surface area contributed by atoms with Gasteiger partial charge >= 0.3 is 0 Å². The van der Waals surface area contributed by atoms with Crippen LogP contribution in [0.25, 0.3) is 6.08 Å². The third-order valence-electron chi connectivity index (χ3n) is 3.25. The molecule has 0 aliphatic carbocycles. The smallest absolute Gasteiger partial charge is 0.261 e. The first-order valence-electron chi connectivity index (χ1n) is 7.72. The van der Waals surface area contributed by atoms with Crippen molar-refractivity contribution in [2.75, 3.05) is 33.0 Å². The van der Waals surface area contributed by atoms with E-state index in [4.69, 9.17) is 25.8 Å². The molecule has 7 heteroatoms. The Balaban J connectivity index is 2.06. The number of rotatable bonds is 7. The van der Waals surface area contributed by atoms with Gasteiger partial charge in [-0.1, -0.05) is 11.6 Å². The number of hydrogen-bond acceptors (Lipinski definition) is 5. The minimum atomic E-state index is -0.431. The SMILES string of the molecule is CCOCCCNC(=O)/C(C#N)=C\c1cc(Cl)c2c(c1)OCCO2. The van der Waals surface area contributed by atoms with Gasteiger partial charge in [0.1, 0.15) is 24.9 Å². The average molecular weight is 351 g/mol. The van der Waals surface area contributed by atoms with Gasteiger partial charge in [0.05, 0.1) is 5.02 Å². The van der Waals surface area contributed by atoms with Gasteiger partial charge in [-0.25, -0.2) is 0 Å². The third kappa shape index (κ3) is 4.88. The lowest BCUT2D eigenvalue weighted by Crippen LogP contribution is -2.26. The van der Waals surface area contributed by atoms with Crippen LogP contribution < -0.4 is 14.8 Å². The van der Waals surface area contributed by atoms with Crippen molar-refractivity contribution in [2.24, 2.45) is 0 Å². The highest BCUT2D eigenvalue weighted by Crippen LogP contribution is 2.38. The zero-order valence-corrected chi connectivity index (χ0v) is 14.2. The van der Waals surface area contributed by atoms with Gasteiger partial charge in [-0.2, -0.15) is 5.26 Å². The highest BCUT2D eigenvalue weighted by Gasteiger charge is 2.17. The van der Waals surface area contributed by atoms with Crippen molar-refractivity contribution in [1.82, 2.24) is 5.32 Å². The number of fused-ring (bicyclic) bond motifs is 1. The lowest BCUT2D eigenvalue weighted by atomic mass is 10.1. The minimum absolute atomic E-state index is 0.000783. The summed E-state index contributed by atoms with van der Waals surface area (Å²) in [4.78, 5) is 12.1. The number of carbonyl (C=O) groups excluding carboxylic acids is 1. The quantitative estimate of drug-likeness (QED) is 0.464. The molecular weight excluding hydrogens is 332 g/mol. The predicted molar refractivity (Wildman–Crippen MR) is 90.2 cm³/mol. The zero-order chi connectivity index (χ0) is 17.4.